The van der Waals surface area contributed by atoms with Crippen molar-refractivity contribution in [2.75, 3.05) is 18.4 Å². The zero-order valence-electron chi connectivity index (χ0n) is 21.1. The number of likely N-dealkylation sites (tertiary alicyclic amines) is 1. The molecule has 3 heterocycles. The fraction of sp³-hybridized carbons (Fsp3) is 0.414. The molecule has 2 fully saturated rings. The summed E-state index contributed by atoms with van der Waals surface area (Å²) < 4.78 is 27.1. The quantitative estimate of drug-likeness (QED) is 0.427. The highest BCUT2D eigenvalue weighted by molar-refractivity contribution is 5.97. The maximum absolute atomic E-state index is 13.5. The lowest BCUT2D eigenvalue weighted by Gasteiger charge is -2.35. The number of nitrogens with one attached hydrogen (secondary N) is 3. The van der Waals surface area contributed by atoms with Crippen molar-refractivity contribution in [3.8, 4) is 0 Å². The summed E-state index contributed by atoms with van der Waals surface area (Å²) in [6.45, 7) is 1.11. The number of carbonyl (C=O) groups is 2. The van der Waals surface area contributed by atoms with Crippen molar-refractivity contribution in [2.45, 2.75) is 57.0 Å². The van der Waals surface area contributed by atoms with Gasteiger partial charge in [-0.25, -0.2) is 13.8 Å². The average Bonchev–Trinajstić information content (AvgIpc) is 3.66. The average molecular weight is 520 g/mol. The molecule has 1 saturated heterocycles. The van der Waals surface area contributed by atoms with Gasteiger partial charge in [0.05, 0.1) is 0 Å². The summed E-state index contributed by atoms with van der Waals surface area (Å²) in [5.41, 5.74) is 3.21. The van der Waals surface area contributed by atoms with Gasteiger partial charge >= 0.3 is 0 Å². The van der Waals surface area contributed by atoms with Crippen LogP contribution >= 0.6 is 0 Å². The number of halogens is 2. The molecule has 9 heteroatoms. The molecule has 1 unspecified atom stereocenters. The zero-order valence-corrected chi connectivity index (χ0v) is 21.1. The van der Waals surface area contributed by atoms with Gasteiger partial charge in [-0.1, -0.05) is 6.08 Å². The molecule has 198 valence electrons. The van der Waals surface area contributed by atoms with Gasteiger partial charge in [0.1, 0.15) is 23.1 Å². The van der Waals surface area contributed by atoms with Crippen LogP contribution in [0.25, 0.3) is 16.6 Å². The van der Waals surface area contributed by atoms with Gasteiger partial charge < -0.3 is 20.5 Å². The number of piperidine rings is 1. The van der Waals surface area contributed by atoms with Crippen LogP contribution in [0.15, 0.2) is 42.6 Å². The van der Waals surface area contributed by atoms with Crippen molar-refractivity contribution in [3.63, 3.8) is 0 Å². The van der Waals surface area contributed by atoms with Gasteiger partial charge in [-0.15, -0.1) is 0 Å². The molecule has 2 aromatic heterocycles. The van der Waals surface area contributed by atoms with Crippen LogP contribution in [0.1, 0.15) is 60.9 Å². The summed E-state index contributed by atoms with van der Waals surface area (Å²) in [7, 11) is 0. The van der Waals surface area contributed by atoms with E-state index in [1.54, 1.807) is 4.90 Å². The number of amides is 2. The summed E-state index contributed by atoms with van der Waals surface area (Å²) in [6.07, 6.45) is 10.5. The van der Waals surface area contributed by atoms with Gasteiger partial charge in [-0.2, -0.15) is 0 Å². The first-order valence-corrected chi connectivity index (χ1v) is 13.4. The van der Waals surface area contributed by atoms with Crippen molar-refractivity contribution in [2.24, 2.45) is 5.92 Å². The molecule has 2 amide bonds. The smallest absolute Gasteiger partial charge is 0.254 e. The van der Waals surface area contributed by atoms with Crippen LogP contribution < -0.4 is 10.6 Å². The summed E-state index contributed by atoms with van der Waals surface area (Å²) in [6, 6.07) is 7.63. The molecule has 0 radical (unpaired) electrons. The zero-order chi connectivity index (χ0) is 26.2. The molecule has 3 N–H and O–H groups in total. The molecule has 3 aliphatic rings. The van der Waals surface area contributed by atoms with E-state index < -0.39 is 11.6 Å². The molecule has 1 saturated carbocycles. The van der Waals surface area contributed by atoms with Crippen LogP contribution in [0.3, 0.4) is 0 Å². The highest BCUT2D eigenvalue weighted by atomic mass is 19.1. The number of aromatic nitrogens is 2. The maximum Gasteiger partial charge on any atom is 0.254 e. The maximum atomic E-state index is 13.5. The number of fused-ring (bicyclic) bond motifs is 1. The Balaban J connectivity index is 1.06. The molecule has 1 aromatic carbocycles. The Bertz CT molecular complexity index is 1380. The first-order valence-electron chi connectivity index (χ1n) is 13.4. The Labute approximate surface area is 219 Å². The van der Waals surface area contributed by atoms with Crippen molar-refractivity contribution < 1.29 is 18.4 Å². The van der Waals surface area contributed by atoms with Gasteiger partial charge in [-0.05, 0) is 80.3 Å². The Morgan fingerprint density at radius 1 is 0.974 bits per heavy atom. The standard InChI is InChI=1S/C29H31F2N5O2/c30-20-13-19(14-21(31)15-20)29(38)36-11-8-23(9-12-36)33-22-5-3-17(4-6-22)25-16-26(35-28(37)18-1-2-18)34-27-24(25)7-10-32-27/h3,7,10,13-16,18,22-23,33H,1-2,4-6,8-9,11-12H2,(H2,32,34,35,37). The van der Waals surface area contributed by atoms with Crippen LogP contribution in [-0.2, 0) is 4.79 Å². The molecule has 2 aliphatic carbocycles. The van der Waals surface area contributed by atoms with E-state index in [2.05, 4.69) is 26.7 Å². The predicted octanol–water partition coefficient (Wildman–Crippen LogP) is 5.02. The number of carbonyl (C=O) groups excluding carboxylic acids is 2. The number of anilines is 1. The lowest BCUT2D eigenvalue weighted by atomic mass is 9.89. The number of rotatable bonds is 6. The number of benzene rings is 1. The Morgan fingerprint density at radius 2 is 1.74 bits per heavy atom. The minimum atomic E-state index is -0.738. The van der Waals surface area contributed by atoms with E-state index in [-0.39, 0.29) is 23.3 Å². The lowest BCUT2D eigenvalue weighted by molar-refractivity contribution is -0.117. The van der Waals surface area contributed by atoms with Crippen molar-refractivity contribution in [1.29, 1.82) is 0 Å². The molecule has 7 nitrogen and oxygen atoms in total. The molecule has 1 aliphatic heterocycles. The number of aromatic amines is 1. The third kappa shape index (κ3) is 5.34. The summed E-state index contributed by atoms with van der Waals surface area (Å²) in [5, 5.41) is 7.80. The van der Waals surface area contributed by atoms with Crippen LogP contribution in [-0.4, -0.2) is 51.9 Å². The predicted molar refractivity (Wildman–Crippen MR) is 141 cm³/mol. The fourth-order valence-electron chi connectivity index (χ4n) is 5.61. The van der Waals surface area contributed by atoms with Crippen LogP contribution in [0, 0.1) is 17.6 Å². The Morgan fingerprint density at radius 3 is 2.42 bits per heavy atom. The third-order valence-electron chi connectivity index (χ3n) is 7.85. The molecular weight excluding hydrogens is 488 g/mol. The van der Waals surface area contributed by atoms with Gasteiger partial charge in [0.25, 0.3) is 5.91 Å². The molecule has 1 atom stereocenters. The highest BCUT2D eigenvalue weighted by Gasteiger charge is 2.30. The summed E-state index contributed by atoms with van der Waals surface area (Å²) >= 11 is 0. The molecular formula is C29H31F2N5O2. The number of pyridine rings is 1. The van der Waals surface area contributed by atoms with Crippen LogP contribution in [0.4, 0.5) is 14.6 Å². The van der Waals surface area contributed by atoms with Gasteiger partial charge in [-0.3, -0.25) is 9.59 Å². The fourth-order valence-corrected chi connectivity index (χ4v) is 5.61. The second-order valence-corrected chi connectivity index (χ2v) is 10.7. The van der Waals surface area contributed by atoms with Crippen LogP contribution in [0.2, 0.25) is 0 Å². The Kier molecular flexibility index (Phi) is 6.69. The normalized spacial score (nSPS) is 20.4. The van der Waals surface area contributed by atoms with Crippen molar-refractivity contribution in [3.05, 3.63) is 65.4 Å². The van der Waals surface area contributed by atoms with E-state index >= 15 is 0 Å². The first kappa shape index (κ1) is 24.7. The largest absolute Gasteiger partial charge is 0.346 e. The lowest BCUT2D eigenvalue weighted by Crippen LogP contribution is -2.48. The van der Waals surface area contributed by atoms with E-state index in [9.17, 15) is 18.4 Å². The van der Waals surface area contributed by atoms with Crippen LogP contribution in [0.5, 0.6) is 0 Å². The molecule has 0 bridgehead atoms. The van der Waals surface area contributed by atoms with Gasteiger partial charge in [0.15, 0.2) is 0 Å². The second kappa shape index (κ2) is 10.3. The number of allylic oxidation sites excluding steroid dienone is 1. The molecule has 6 rings (SSSR count). The molecule has 38 heavy (non-hydrogen) atoms. The number of hydrogen-bond donors (Lipinski definition) is 3. The highest BCUT2D eigenvalue weighted by Crippen LogP contribution is 2.34. The van der Waals surface area contributed by atoms with E-state index in [0.29, 0.717) is 31.0 Å². The minimum absolute atomic E-state index is 0.0482. The number of H-pyrrole nitrogens is 1. The third-order valence-corrected chi connectivity index (χ3v) is 7.85. The number of nitrogens with zero attached hydrogens (tertiary/aromatic N) is 2. The minimum Gasteiger partial charge on any atom is -0.346 e. The summed E-state index contributed by atoms with van der Waals surface area (Å²) in [5.74, 6) is -1.04. The monoisotopic (exact) mass is 519 g/mol. The van der Waals surface area contributed by atoms with E-state index in [1.807, 2.05) is 18.3 Å². The van der Waals surface area contributed by atoms with E-state index in [4.69, 9.17) is 0 Å². The van der Waals surface area contributed by atoms with E-state index in [1.165, 1.54) is 5.57 Å². The molecule has 0 spiro atoms. The summed E-state index contributed by atoms with van der Waals surface area (Å²) in [4.78, 5) is 34.4. The van der Waals surface area contributed by atoms with Crippen molar-refractivity contribution in [1.82, 2.24) is 20.2 Å². The second-order valence-electron chi connectivity index (χ2n) is 10.7. The van der Waals surface area contributed by atoms with E-state index in [0.717, 1.165) is 79.7 Å². The van der Waals surface area contributed by atoms with Gasteiger partial charge in [0.2, 0.25) is 5.91 Å². The Hall–Kier alpha value is -3.59. The number of hydrogen-bond acceptors (Lipinski definition) is 4. The van der Waals surface area contributed by atoms with Crippen molar-refractivity contribution >= 4 is 34.2 Å². The first-order chi connectivity index (χ1) is 18.4. The van der Waals surface area contributed by atoms with Gasteiger partial charge in [0, 0.05) is 54.3 Å². The topological polar surface area (TPSA) is 90.1 Å². The SMILES string of the molecule is O=C(Nc1cc(C2=CCC(NC3CCN(C(=O)c4cc(F)cc(F)c4)CC3)CC2)c2cc[nH]c2n1)C1CC1. The molecule has 3 aromatic rings.